The second kappa shape index (κ2) is 8.48. The summed E-state index contributed by atoms with van der Waals surface area (Å²) in [7, 11) is 0. The van der Waals surface area contributed by atoms with E-state index in [1.165, 1.54) is 16.7 Å². The number of primary amides is 1. The fourth-order valence-electron chi connectivity index (χ4n) is 2.56. The Morgan fingerprint density at radius 2 is 1.97 bits per heavy atom. The van der Waals surface area contributed by atoms with Crippen molar-refractivity contribution < 1.29 is 27.5 Å². The molecule has 0 saturated heterocycles. The molecule has 0 spiro atoms. The molecule has 1 amide bonds. The maximum atomic E-state index is 13.8. The highest BCUT2D eigenvalue weighted by atomic mass is 79.9. The minimum absolute atomic E-state index is 0.0944. The maximum absolute atomic E-state index is 13.8. The van der Waals surface area contributed by atoms with Crippen LogP contribution in [0.4, 0.5) is 13.6 Å². The molecule has 0 unspecified atom stereocenters. The summed E-state index contributed by atoms with van der Waals surface area (Å²) in [4.78, 5) is 23.4. The molecule has 0 bridgehead atoms. The number of halogens is 3. The second-order valence-corrected chi connectivity index (χ2v) is 6.77. The third-order valence-corrected chi connectivity index (χ3v) is 4.65. The van der Waals surface area contributed by atoms with E-state index in [9.17, 15) is 18.4 Å². The van der Waals surface area contributed by atoms with Gasteiger partial charge in [-0.3, -0.25) is 4.79 Å². The standard InChI is InChI=1S/C19H15BrF2N2O5/c1-10-6-15(27-8-11-2-3-12(21)7-14(11)22)17(20)18(25)24(10)16-5-4-13(29-16)9-28-19(23)26/h2-7H,8-9H2,1H3,(H2,23,26). The molecule has 3 aromatic rings. The molecule has 10 heteroatoms. The van der Waals surface area contributed by atoms with Gasteiger partial charge in [-0.05, 0) is 41.1 Å². The van der Waals surface area contributed by atoms with Gasteiger partial charge in [-0.1, -0.05) is 0 Å². The average Bonchev–Trinajstić information content (AvgIpc) is 3.11. The lowest BCUT2D eigenvalue weighted by Gasteiger charge is -2.13. The molecular formula is C19H15BrF2N2O5. The maximum Gasteiger partial charge on any atom is 0.404 e. The highest BCUT2D eigenvalue weighted by Gasteiger charge is 2.17. The van der Waals surface area contributed by atoms with E-state index in [-0.39, 0.29) is 34.9 Å². The number of pyridine rings is 1. The third-order valence-electron chi connectivity index (χ3n) is 3.92. The van der Waals surface area contributed by atoms with Crippen molar-refractivity contribution in [3.05, 3.63) is 79.9 Å². The molecule has 3 rings (SSSR count). The van der Waals surface area contributed by atoms with Crippen LogP contribution >= 0.6 is 15.9 Å². The van der Waals surface area contributed by atoms with Crippen LogP contribution in [0.1, 0.15) is 17.0 Å². The van der Waals surface area contributed by atoms with Gasteiger partial charge in [-0.15, -0.1) is 0 Å². The Hall–Kier alpha value is -3.14. The van der Waals surface area contributed by atoms with Crippen LogP contribution in [0.2, 0.25) is 0 Å². The van der Waals surface area contributed by atoms with Crippen molar-refractivity contribution in [1.82, 2.24) is 4.57 Å². The Morgan fingerprint density at radius 3 is 2.66 bits per heavy atom. The van der Waals surface area contributed by atoms with Crippen molar-refractivity contribution >= 4 is 22.0 Å². The van der Waals surface area contributed by atoms with E-state index >= 15 is 0 Å². The largest absolute Gasteiger partial charge is 0.487 e. The van der Waals surface area contributed by atoms with Gasteiger partial charge >= 0.3 is 6.09 Å². The van der Waals surface area contributed by atoms with Crippen molar-refractivity contribution in [1.29, 1.82) is 0 Å². The number of benzene rings is 1. The van der Waals surface area contributed by atoms with Crippen LogP contribution in [0.15, 0.2) is 50.1 Å². The van der Waals surface area contributed by atoms with Crippen LogP contribution in [0.3, 0.4) is 0 Å². The number of ether oxygens (including phenoxy) is 2. The number of carbonyl (C=O) groups excluding carboxylic acids is 1. The van der Waals surface area contributed by atoms with Crippen LogP contribution in [0.25, 0.3) is 5.88 Å². The van der Waals surface area contributed by atoms with Crippen LogP contribution in [-0.2, 0) is 18.0 Å². The highest BCUT2D eigenvalue weighted by molar-refractivity contribution is 9.10. The molecule has 0 aliphatic carbocycles. The zero-order chi connectivity index (χ0) is 21.1. The number of nitrogens with zero attached hydrogens (tertiary/aromatic N) is 1. The molecule has 2 aromatic heterocycles. The Morgan fingerprint density at radius 1 is 1.21 bits per heavy atom. The number of amides is 1. The number of aryl methyl sites for hydroxylation is 1. The molecule has 0 aliphatic heterocycles. The van der Waals surface area contributed by atoms with E-state index in [4.69, 9.17) is 14.9 Å². The molecule has 2 heterocycles. The van der Waals surface area contributed by atoms with Crippen molar-refractivity contribution in [3.8, 4) is 11.6 Å². The smallest absolute Gasteiger partial charge is 0.404 e. The van der Waals surface area contributed by atoms with Gasteiger partial charge < -0.3 is 19.6 Å². The quantitative estimate of drug-likeness (QED) is 0.590. The Labute approximate surface area is 171 Å². The molecule has 2 N–H and O–H groups in total. The first-order valence-electron chi connectivity index (χ1n) is 8.26. The van der Waals surface area contributed by atoms with E-state index in [1.54, 1.807) is 19.1 Å². The van der Waals surface area contributed by atoms with E-state index in [2.05, 4.69) is 20.7 Å². The Bertz CT molecular complexity index is 1130. The van der Waals surface area contributed by atoms with E-state index in [1.807, 2.05) is 0 Å². The number of hydrogen-bond donors (Lipinski definition) is 1. The lowest BCUT2D eigenvalue weighted by molar-refractivity contribution is 0.141. The van der Waals surface area contributed by atoms with Crippen molar-refractivity contribution in [2.24, 2.45) is 5.73 Å². The van der Waals surface area contributed by atoms with Crippen LogP contribution in [0.5, 0.6) is 5.75 Å². The number of carbonyl (C=O) groups is 1. The van der Waals surface area contributed by atoms with Gasteiger partial charge in [0.2, 0.25) is 5.88 Å². The molecule has 0 saturated carbocycles. The third kappa shape index (κ3) is 4.65. The topological polar surface area (TPSA) is 96.7 Å². The summed E-state index contributed by atoms with van der Waals surface area (Å²) in [6, 6.07) is 7.79. The van der Waals surface area contributed by atoms with Gasteiger partial charge in [0.25, 0.3) is 5.56 Å². The molecule has 7 nitrogen and oxygen atoms in total. The fourth-order valence-corrected chi connectivity index (χ4v) is 2.97. The summed E-state index contributed by atoms with van der Waals surface area (Å²) in [5.74, 6) is -0.741. The first-order chi connectivity index (χ1) is 13.8. The number of aromatic nitrogens is 1. The SMILES string of the molecule is Cc1cc(OCc2ccc(F)cc2F)c(Br)c(=O)n1-c1ccc(COC(N)=O)o1. The summed E-state index contributed by atoms with van der Waals surface area (Å²) in [6.45, 7) is 1.29. The van der Waals surface area contributed by atoms with E-state index in [0.717, 1.165) is 12.1 Å². The van der Waals surface area contributed by atoms with Gasteiger partial charge in [0.05, 0.1) is 0 Å². The minimum Gasteiger partial charge on any atom is -0.487 e. The van der Waals surface area contributed by atoms with Gasteiger partial charge in [0.1, 0.15) is 34.2 Å². The zero-order valence-corrected chi connectivity index (χ0v) is 16.7. The Balaban J connectivity index is 1.85. The van der Waals surface area contributed by atoms with Gasteiger partial charge in [-0.25, -0.2) is 18.1 Å². The molecule has 152 valence electrons. The first-order valence-corrected chi connectivity index (χ1v) is 9.05. The van der Waals surface area contributed by atoms with Gasteiger partial charge in [0, 0.05) is 29.5 Å². The number of hydrogen-bond acceptors (Lipinski definition) is 5. The number of furan rings is 1. The number of rotatable bonds is 6. The molecule has 0 fully saturated rings. The fraction of sp³-hybridized carbons (Fsp3) is 0.158. The molecule has 0 radical (unpaired) electrons. The summed E-state index contributed by atoms with van der Waals surface area (Å²) in [5.41, 5.74) is 5.05. The normalized spacial score (nSPS) is 10.8. The van der Waals surface area contributed by atoms with Crippen molar-refractivity contribution in [2.45, 2.75) is 20.1 Å². The number of nitrogens with two attached hydrogens (primary N) is 1. The summed E-state index contributed by atoms with van der Waals surface area (Å²) in [6.07, 6.45) is -0.946. The zero-order valence-electron chi connectivity index (χ0n) is 15.1. The minimum atomic E-state index is -0.946. The predicted octanol–water partition coefficient (Wildman–Crippen LogP) is 3.95. The molecule has 29 heavy (non-hydrogen) atoms. The molecule has 1 aromatic carbocycles. The van der Waals surface area contributed by atoms with Crippen LogP contribution in [0, 0.1) is 18.6 Å². The monoisotopic (exact) mass is 468 g/mol. The highest BCUT2D eigenvalue weighted by Crippen LogP contribution is 2.26. The van der Waals surface area contributed by atoms with Crippen LogP contribution in [-0.4, -0.2) is 10.7 Å². The lowest BCUT2D eigenvalue weighted by atomic mass is 10.2. The summed E-state index contributed by atoms with van der Waals surface area (Å²) < 4.78 is 43.8. The lowest BCUT2D eigenvalue weighted by Crippen LogP contribution is -2.21. The van der Waals surface area contributed by atoms with Crippen molar-refractivity contribution in [2.75, 3.05) is 0 Å². The first kappa shape index (κ1) is 20.6. The van der Waals surface area contributed by atoms with Crippen molar-refractivity contribution in [3.63, 3.8) is 0 Å². The summed E-state index contributed by atoms with van der Waals surface area (Å²) in [5, 5.41) is 0. The van der Waals surface area contributed by atoms with Gasteiger partial charge in [0.15, 0.2) is 6.61 Å². The molecular weight excluding hydrogens is 454 g/mol. The van der Waals surface area contributed by atoms with E-state index < -0.39 is 23.3 Å². The van der Waals surface area contributed by atoms with E-state index in [0.29, 0.717) is 11.5 Å². The molecule has 0 atom stereocenters. The molecule has 0 aliphatic rings. The predicted molar refractivity (Wildman–Crippen MR) is 102 cm³/mol. The van der Waals surface area contributed by atoms with Gasteiger partial charge in [-0.2, -0.15) is 0 Å². The average molecular weight is 469 g/mol. The second-order valence-electron chi connectivity index (χ2n) is 5.98. The Kier molecular flexibility index (Phi) is 6.02. The summed E-state index contributed by atoms with van der Waals surface area (Å²) >= 11 is 3.18. The van der Waals surface area contributed by atoms with Crippen LogP contribution < -0.4 is 16.0 Å².